The minimum atomic E-state index is -0.979. The predicted octanol–water partition coefficient (Wildman–Crippen LogP) is 5.00. The normalized spacial score (nSPS) is 20.2. The van der Waals surface area contributed by atoms with Crippen LogP contribution in [0.4, 0.5) is 4.79 Å². The summed E-state index contributed by atoms with van der Waals surface area (Å²) in [6.07, 6.45) is 0.542. The Labute approximate surface area is 188 Å². The quantitative estimate of drug-likeness (QED) is 0.586. The van der Waals surface area contributed by atoms with E-state index in [1.807, 2.05) is 61.5 Å². The van der Waals surface area contributed by atoms with Crippen molar-refractivity contribution in [2.45, 2.75) is 57.8 Å². The summed E-state index contributed by atoms with van der Waals surface area (Å²) in [6.45, 7) is 7.75. The number of ether oxygens (including phenoxy) is 1. The molecule has 168 valence electrons. The Morgan fingerprint density at radius 2 is 1.81 bits per heavy atom. The molecule has 1 aromatic heterocycles. The first-order chi connectivity index (χ1) is 15.2. The van der Waals surface area contributed by atoms with Gasteiger partial charge in [0, 0.05) is 31.9 Å². The van der Waals surface area contributed by atoms with Crippen molar-refractivity contribution >= 4 is 6.09 Å². The van der Waals surface area contributed by atoms with E-state index in [0.29, 0.717) is 31.2 Å². The van der Waals surface area contributed by atoms with Crippen LogP contribution in [-0.4, -0.2) is 38.4 Å². The van der Waals surface area contributed by atoms with Gasteiger partial charge < -0.3 is 19.2 Å². The number of cyclic esters (lactones) is 1. The number of carbonyl (C=O) groups is 1. The average molecular weight is 436 g/mol. The van der Waals surface area contributed by atoms with Gasteiger partial charge in [-0.05, 0) is 44.0 Å². The molecule has 7 heteroatoms. The molecule has 0 saturated carbocycles. The second-order valence-electron chi connectivity index (χ2n) is 9.09. The Morgan fingerprint density at radius 1 is 1.12 bits per heavy atom. The van der Waals surface area contributed by atoms with Crippen LogP contribution < -0.4 is 0 Å². The molecule has 1 N–H and O–H groups in total. The van der Waals surface area contributed by atoms with E-state index in [9.17, 15) is 9.90 Å². The predicted molar refractivity (Wildman–Crippen MR) is 120 cm³/mol. The zero-order valence-corrected chi connectivity index (χ0v) is 18.9. The number of hydrogen-bond donors (Lipinski definition) is 1. The molecule has 0 spiro atoms. The largest absolute Gasteiger partial charge is 0.438 e. The van der Waals surface area contributed by atoms with Crippen molar-refractivity contribution in [3.8, 4) is 11.5 Å². The van der Waals surface area contributed by atoms with Crippen molar-refractivity contribution in [2.75, 3.05) is 6.54 Å². The summed E-state index contributed by atoms with van der Waals surface area (Å²) >= 11 is 0. The lowest BCUT2D eigenvalue weighted by Gasteiger charge is -2.45. The molecule has 1 aliphatic rings. The summed E-state index contributed by atoms with van der Waals surface area (Å²) in [4.78, 5) is 14.9. The SMILES string of the molecule is Cc1nnc(-c2ccc([C@H](C)N3CCC(CC(C)(C)O)(c4ccccc4)OC3=O)cc2)o1. The summed E-state index contributed by atoms with van der Waals surface area (Å²) in [5, 5.41) is 18.4. The van der Waals surface area contributed by atoms with Crippen LogP contribution in [0.5, 0.6) is 0 Å². The smallest absolute Gasteiger partial charge is 0.411 e. The lowest BCUT2D eigenvalue weighted by Crippen LogP contribution is -2.51. The number of nitrogens with zero attached hydrogens (tertiary/aromatic N) is 3. The minimum Gasteiger partial charge on any atom is -0.438 e. The highest BCUT2D eigenvalue weighted by Crippen LogP contribution is 2.42. The Kier molecular flexibility index (Phi) is 5.77. The molecule has 1 aliphatic heterocycles. The van der Waals surface area contributed by atoms with Crippen LogP contribution in [0, 0.1) is 6.92 Å². The fourth-order valence-electron chi connectivity index (χ4n) is 4.39. The molecule has 2 atom stereocenters. The molecule has 1 amide bonds. The third-order valence-corrected chi connectivity index (χ3v) is 5.93. The molecular weight excluding hydrogens is 406 g/mol. The maximum atomic E-state index is 13.2. The Hall–Kier alpha value is -3.19. The first-order valence-corrected chi connectivity index (χ1v) is 10.8. The molecule has 0 radical (unpaired) electrons. The number of benzene rings is 2. The number of amides is 1. The van der Waals surface area contributed by atoms with Crippen LogP contribution in [0.3, 0.4) is 0 Å². The fraction of sp³-hybridized carbons (Fsp3) is 0.400. The molecule has 32 heavy (non-hydrogen) atoms. The van der Waals surface area contributed by atoms with E-state index in [4.69, 9.17) is 9.15 Å². The van der Waals surface area contributed by atoms with Crippen LogP contribution in [0.25, 0.3) is 11.5 Å². The van der Waals surface area contributed by atoms with Gasteiger partial charge in [0.2, 0.25) is 11.8 Å². The monoisotopic (exact) mass is 435 g/mol. The molecule has 3 aromatic rings. The molecule has 1 unspecified atom stereocenters. The molecule has 4 rings (SSSR count). The van der Waals surface area contributed by atoms with Gasteiger partial charge in [-0.25, -0.2) is 4.79 Å². The molecule has 2 aromatic carbocycles. The standard InChI is InChI=1S/C25H29N3O4/c1-17(19-10-12-20(13-11-19)22-27-26-18(2)31-22)28-15-14-25(32-23(28)29,16-24(3,4)30)21-8-6-5-7-9-21/h5-13,17,30H,14-16H2,1-4H3/t17-,25?/m0/s1. The Bertz CT molecular complexity index is 1070. The summed E-state index contributed by atoms with van der Waals surface area (Å²) in [5.74, 6) is 0.986. The van der Waals surface area contributed by atoms with Crippen molar-refractivity contribution in [1.82, 2.24) is 15.1 Å². The van der Waals surface area contributed by atoms with Gasteiger partial charge in [-0.3, -0.25) is 0 Å². The zero-order chi connectivity index (χ0) is 22.9. The van der Waals surface area contributed by atoms with E-state index in [1.54, 1.807) is 25.7 Å². The van der Waals surface area contributed by atoms with Crippen LogP contribution in [-0.2, 0) is 10.3 Å². The summed E-state index contributed by atoms with van der Waals surface area (Å²) < 4.78 is 11.6. The molecule has 2 heterocycles. The van der Waals surface area contributed by atoms with Gasteiger partial charge in [-0.1, -0.05) is 42.5 Å². The number of hydrogen-bond acceptors (Lipinski definition) is 6. The van der Waals surface area contributed by atoms with E-state index >= 15 is 0 Å². The van der Waals surface area contributed by atoms with Gasteiger partial charge in [-0.15, -0.1) is 10.2 Å². The molecule has 0 bridgehead atoms. The highest BCUT2D eigenvalue weighted by molar-refractivity contribution is 5.70. The van der Waals surface area contributed by atoms with Crippen LogP contribution in [0.1, 0.15) is 56.7 Å². The number of carbonyl (C=O) groups excluding carboxylic acids is 1. The minimum absolute atomic E-state index is 0.170. The van der Waals surface area contributed by atoms with E-state index in [2.05, 4.69) is 10.2 Å². The maximum absolute atomic E-state index is 13.2. The Morgan fingerprint density at radius 3 is 2.38 bits per heavy atom. The van der Waals surface area contributed by atoms with E-state index in [-0.39, 0.29) is 12.1 Å². The van der Waals surface area contributed by atoms with E-state index < -0.39 is 11.2 Å². The van der Waals surface area contributed by atoms with Gasteiger partial charge in [0.25, 0.3) is 0 Å². The molecule has 1 fully saturated rings. The molecule has 0 aliphatic carbocycles. The zero-order valence-electron chi connectivity index (χ0n) is 18.9. The molecule has 1 saturated heterocycles. The first-order valence-electron chi connectivity index (χ1n) is 10.8. The summed E-state index contributed by atoms with van der Waals surface area (Å²) in [5.41, 5.74) is 0.883. The average Bonchev–Trinajstić information content (AvgIpc) is 3.19. The number of aliphatic hydroxyl groups is 1. The van der Waals surface area contributed by atoms with E-state index in [0.717, 1.165) is 16.7 Å². The van der Waals surface area contributed by atoms with Gasteiger partial charge >= 0.3 is 6.09 Å². The fourth-order valence-corrected chi connectivity index (χ4v) is 4.39. The lowest BCUT2D eigenvalue weighted by molar-refractivity contribution is -0.101. The second-order valence-corrected chi connectivity index (χ2v) is 9.09. The third-order valence-electron chi connectivity index (χ3n) is 5.93. The number of rotatable bonds is 6. The van der Waals surface area contributed by atoms with Crippen molar-refractivity contribution in [1.29, 1.82) is 0 Å². The van der Waals surface area contributed by atoms with Gasteiger partial charge in [0.15, 0.2) is 0 Å². The number of aromatic nitrogens is 2. The topological polar surface area (TPSA) is 88.7 Å². The van der Waals surface area contributed by atoms with Crippen LogP contribution >= 0.6 is 0 Å². The first kappa shape index (κ1) is 22.0. The van der Waals surface area contributed by atoms with E-state index in [1.165, 1.54) is 0 Å². The molecule has 7 nitrogen and oxygen atoms in total. The third kappa shape index (κ3) is 4.53. The van der Waals surface area contributed by atoms with Gasteiger partial charge in [0.05, 0.1) is 11.6 Å². The van der Waals surface area contributed by atoms with Gasteiger partial charge in [-0.2, -0.15) is 0 Å². The van der Waals surface area contributed by atoms with Crippen molar-refractivity contribution in [3.05, 3.63) is 71.6 Å². The lowest BCUT2D eigenvalue weighted by atomic mass is 9.80. The maximum Gasteiger partial charge on any atom is 0.411 e. The highest BCUT2D eigenvalue weighted by atomic mass is 16.6. The Balaban J connectivity index is 1.53. The summed E-state index contributed by atoms with van der Waals surface area (Å²) in [6, 6.07) is 17.3. The number of aryl methyl sites for hydroxylation is 1. The van der Waals surface area contributed by atoms with Crippen LogP contribution in [0.15, 0.2) is 59.0 Å². The van der Waals surface area contributed by atoms with Crippen LogP contribution in [0.2, 0.25) is 0 Å². The summed E-state index contributed by atoms with van der Waals surface area (Å²) in [7, 11) is 0. The van der Waals surface area contributed by atoms with Gasteiger partial charge in [0.1, 0.15) is 5.60 Å². The van der Waals surface area contributed by atoms with Crippen molar-refractivity contribution in [3.63, 3.8) is 0 Å². The van der Waals surface area contributed by atoms with Crippen molar-refractivity contribution < 1.29 is 19.1 Å². The second kappa shape index (κ2) is 8.39. The highest BCUT2D eigenvalue weighted by Gasteiger charge is 2.46. The molecular formula is C25H29N3O4. The van der Waals surface area contributed by atoms with Crippen molar-refractivity contribution in [2.24, 2.45) is 0 Å².